The second kappa shape index (κ2) is 3.73. The van der Waals surface area contributed by atoms with Crippen molar-refractivity contribution >= 4 is 5.91 Å². The van der Waals surface area contributed by atoms with Gasteiger partial charge in [-0.1, -0.05) is 0 Å². The lowest BCUT2D eigenvalue weighted by molar-refractivity contribution is 0.0995. The van der Waals surface area contributed by atoms with Crippen molar-refractivity contribution in [3.8, 4) is 11.4 Å². The van der Waals surface area contributed by atoms with Gasteiger partial charge in [0.15, 0.2) is 0 Å². The zero-order valence-electron chi connectivity index (χ0n) is 9.01. The average Bonchev–Trinajstić information content (AvgIpc) is 2.64. The Labute approximate surface area is 92.1 Å². The Bertz CT molecular complexity index is 546. The van der Waals surface area contributed by atoms with Crippen LogP contribution in [0.4, 0.5) is 0 Å². The van der Waals surface area contributed by atoms with Crippen LogP contribution in [0, 0.1) is 6.92 Å². The first-order chi connectivity index (χ1) is 7.61. The number of aromatic nitrogens is 4. The van der Waals surface area contributed by atoms with Crippen molar-refractivity contribution in [1.29, 1.82) is 0 Å². The number of hydrogen-bond acceptors (Lipinski definition) is 4. The van der Waals surface area contributed by atoms with Gasteiger partial charge in [0.2, 0.25) is 0 Å². The van der Waals surface area contributed by atoms with Crippen molar-refractivity contribution in [1.82, 2.24) is 19.7 Å². The number of nitrogens with two attached hydrogens (primary N) is 1. The molecule has 0 aliphatic carbocycles. The van der Waals surface area contributed by atoms with Crippen LogP contribution in [0.2, 0.25) is 0 Å². The quantitative estimate of drug-likeness (QED) is 0.782. The van der Waals surface area contributed by atoms with Crippen LogP contribution < -0.4 is 5.73 Å². The molecule has 0 radical (unpaired) electrons. The lowest BCUT2D eigenvalue weighted by atomic mass is 10.1. The molecule has 0 saturated heterocycles. The van der Waals surface area contributed by atoms with Gasteiger partial charge in [-0.15, -0.1) is 0 Å². The number of rotatable bonds is 2. The molecule has 0 fully saturated rings. The maximum absolute atomic E-state index is 11.1. The van der Waals surface area contributed by atoms with E-state index in [1.807, 2.05) is 6.07 Å². The average molecular weight is 217 g/mol. The molecule has 0 saturated carbocycles. The van der Waals surface area contributed by atoms with E-state index in [1.165, 1.54) is 6.33 Å². The predicted molar refractivity (Wildman–Crippen MR) is 57.5 cm³/mol. The van der Waals surface area contributed by atoms with Crippen molar-refractivity contribution in [3.63, 3.8) is 0 Å². The smallest absolute Gasteiger partial charge is 0.267 e. The molecule has 0 aromatic carbocycles. The van der Waals surface area contributed by atoms with Crippen LogP contribution in [0.1, 0.15) is 16.1 Å². The first kappa shape index (κ1) is 10.3. The Morgan fingerprint density at radius 1 is 1.44 bits per heavy atom. The van der Waals surface area contributed by atoms with Gasteiger partial charge >= 0.3 is 0 Å². The van der Waals surface area contributed by atoms with Gasteiger partial charge in [0.05, 0.1) is 11.4 Å². The van der Waals surface area contributed by atoms with E-state index in [0.717, 1.165) is 5.69 Å². The van der Waals surface area contributed by atoms with E-state index < -0.39 is 5.91 Å². The van der Waals surface area contributed by atoms with Crippen LogP contribution in [-0.2, 0) is 7.05 Å². The number of carbonyl (C=O) groups is 1. The topological polar surface area (TPSA) is 86.7 Å². The molecule has 0 atom stereocenters. The fraction of sp³-hybridized carbons (Fsp3) is 0.200. The van der Waals surface area contributed by atoms with Crippen LogP contribution in [0.5, 0.6) is 0 Å². The third-order valence-corrected chi connectivity index (χ3v) is 2.38. The summed E-state index contributed by atoms with van der Waals surface area (Å²) in [6.45, 7) is 1.77. The number of amides is 1. The van der Waals surface area contributed by atoms with Crippen molar-refractivity contribution in [2.24, 2.45) is 12.8 Å². The molecule has 2 aromatic heterocycles. The minimum atomic E-state index is -0.552. The molecule has 2 aromatic rings. The normalized spacial score (nSPS) is 10.4. The number of aryl methyl sites for hydroxylation is 1. The monoisotopic (exact) mass is 217 g/mol. The van der Waals surface area contributed by atoms with E-state index in [-0.39, 0.29) is 5.69 Å². The van der Waals surface area contributed by atoms with E-state index in [4.69, 9.17) is 5.73 Å². The first-order valence-corrected chi connectivity index (χ1v) is 4.71. The van der Waals surface area contributed by atoms with E-state index in [1.54, 1.807) is 24.9 Å². The second-order valence-electron chi connectivity index (χ2n) is 3.40. The van der Waals surface area contributed by atoms with Crippen LogP contribution in [-0.4, -0.2) is 25.7 Å². The van der Waals surface area contributed by atoms with E-state index in [9.17, 15) is 4.79 Å². The number of nitrogens with zero attached hydrogens (tertiary/aromatic N) is 4. The van der Waals surface area contributed by atoms with Gasteiger partial charge in [0.1, 0.15) is 12.0 Å². The standard InChI is InChI=1S/C10H11N5O/c1-6-8(7-3-4-14-15(7)2)12-5-13-9(6)10(11)16/h3-5H,1-2H3,(H2,11,16). The van der Waals surface area contributed by atoms with Crippen molar-refractivity contribution in [2.45, 2.75) is 6.92 Å². The molecular formula is C10H11N5O. The summed E-state index contributed by atoms with van der Waals surface area (Å²) in [5.41, 5.74) is 7.62. The molecule has 6 heteroatoms. The molecule has 2 N–H and O–H groups in total. The van der Waals surface area contributed by atoms with Crippen LogP contribution >= 0.6 is 0 Å². The van der Waals surface area contributed by atoms with Crippen LogP contribution in [0.3, 0.4) is 0 Å². The minimum absolute atomic E-state index is 0.242. The van der Waals surface area contributed by atoms with Crippen molar-refractivity contribution in [2.75, 3.05) is 0 Å². The van der Waals surface area contributed by atoms with Gasteiger partial charge in [0.25, 0.3) is 5.91 Å². The third-order valence-electron chi connectivity index (χ3n) is 2.38. The molecule has 16 heavy (non-hydrogen) atoms. The highest BCUT2D eigenvalue weighted by Gasteiger charge is 2.14. The second-order valence-corrected chi connectivity index (χ2v) is 3.40. The van der Waals surface area contributed by atoms with Gasteiger partial charge in [-0.2, -0.15) is 5.10 Å². The molecule has 2 rings (SSSR count). The van der Waals surface area contributed by atoms with E-state index in [0.29, 0.717) is 11.3 Å². The molecule has 82 valence electrons. The van der Waals surface area contributed by atoms with Crippen molar-refractivity contribution in [3.05, 3.63) is 29.8 Å². The largest absolute Gasteiger partial charge is 0.364 e. The highest BCUT2D eigenvalue weighted by atomic mass is 16.1. The summed E-state index contributed by atoms with van der Waals surface area (Å²) in [5, 5.41) is 4.05. The summed E-state index contributed by atoms with van der Waals surface area (Å²) in [4.78, 5) is 19.1. The molecular weight excluding hydrogens is 206 g/mol. The fourth-order valence-corrected chi connectivity index (χ4v) is 1.56. The molecule has 0 spiro atoms. The van der Waals surface area contributed by atoms with Gasteiger partial charge in [-0.05, 0) is 13.0 Å². The van der Waals surface area contributed by atoms with Crippen LogP contribution in [0.15, 0.2) is 18.6 Å². The summed E-state index contributed by atoms with van der Waals surface area (Å²) in [5.74, 6) is -0.552. The number of primary amides is 1. The van der Waals surface area contributed by atoms with E-state index in [2.05, 4.69) is 15.1 Å². The number of hydrogen-bond donors (Lipinski definition) is 1. The first-order valence-electron chi connectivity index (χ1n) is 4.71. The van der Waals surface area contributed by atoms with Crippen LogP contribution in [0.25, 0.3) is 11.4 Å². The lowest BCUT2D eigenvalue weighted by Crippen LogP contribution is -2.16. The Kier molecular flexibility index (Phi) is 2.40. The van der Waals surface area contributed by atoms with Gasteiger partial charge in [-0.25, -0.2) is 9.97 Å². The lowest BCUT2D eigenvalue weighted by Gasteiger charge is -2.06. The Morgan fingerprint density at radius 2 is 2.19 bits per heavy atom. The minimum Gasteiger partial charge on any atom is -0.364 e. The molecule has 0 bridgehead atoms. The van der Waals surface area contributed by atoms with Gasteiger partial charge in [0, 0.05) is 18.8 Å². The molecule has 0 aliphatic rings. The Morgan fingerprint density at radius 3 is 2.75 bits per heavy atom. The van der Waals surface area contributed by atoms with Gasteiger partial charge < -0.3 is 5.73 Å². The summed E-state index contributed by atoms with van der Waals surface area (Å²) in [6.07, 6.45) is 3.00. The maximum Gasteiger partial charge on any atom is 0.267 e. The Balaban J connectivity index is 2.63. The van der Waals surface area contributed by atoms with Crippen molar-refractivity contribution < 1.29 is 4.79 Å². The third kappa shape index (κ3) is 1.54. The summed E-state index contributed by atoms with van der Waals surface area (Å²) in [6, 6.07) is 1.82. The molecule has 2 heterocycles. The van der Waals surface area contributed by atoms with Gasteiger partial charge in [-0.3, -0.25) is 9.48 Å². The number of carbonyl (C=O) groups excluding carboxylic acids is 1. The molecule has 0 unspecified atom stereocenters. The zero-order chi connectivity index (χ0) is 11.7. The molecule has 1 amide bonds. The molecule has 6 nitrogen and oxygen atoms in total. The summed E-state index contributed by atoms with van der Waals surface area (Å²) >= 11 is 0. The van der Waals surface area contributed by atoms with E-state index >= 15 is 0 Å². The maximum atomic E-state index is 11.1. The highest BCUT2D eigenvalue weighted by molar-refractivity contribution is 5.93. The Hall–Kier alpha value is -2.24. The SMILES string of the molecule is Cc1c(C(N)=O)ncnc1-c1ccnn1C. The highest BCUT2D eigenvalue weighted by Crippen LogP contribution is 2.20. The molecule has 0 aliphatic heterocycles. The summed E-state index contributed by atoms with van der Waals surface area (Å²) in [7, 11) is 1.81. The zero-order valence-corrected chi connectivity index (χ0v) is 9.01. The summed E-state index contributed by atoms with van der Waals surface area (Å²) < 4.78 is 1.68. The predicted octanol–water partition coefficient (Wildman–Crippen LogP) is 0.284. The fourth-order valence-electron chi connectivity index (χ4n) is 1.56.